The van der Waals surface area contributed by atoms with E-state index in [1.54, 1.807) is 25.7 Å². The first-order valence-electron chi connectivity index (χ1n) is 13.1. The predicted molar refractivity (Wildman–Crippen MR) is 157 cm³/mol. The van der Waals surface area contributed by atoms with E-state index in [1.807, 2.05) is 77.9 Å². The van der Waals surface area contributed by atoms with Crippen molar-refractivity contribution in [1.29, 1.82) is 0 Å². The summed E-state index contributed by atoms with van der Waals surface area (Å²) in [5.74, 6) is -0.675. The molecule has 0 saturated heterocycles. The van der Waals surface area contributed by atoms with Crippen molar-refractivity contribution in [3.05, 3.63) is 64.2 Å². The minimum Gasteiger partial charge on any atom is -0.444 e. The molecule has 0 radical (unpaired) electrons. The Morgan fingerprint density at radius 2 is 1.53 bits per heavy atom. The maximum Gasteiger partial charge on any atom is 0.408 e. The molecule has 0 spiro atoms. The van der Waals surface area contributed by atoms with E-state index in [0.717, 1.165) is 33.5 Å². The highest BCUT2D eigenvalue weighted by molar-refractivity contribution is 7.80. The average Bonchev–Trinajstić information content (AvgIpc) is 2.83. The fourth-order valence-electron chi connectivity index (χ4n) is 4.30. The number of thiol groups is 1. The van der Waals surface area contributed by atoms with E-state index in [9.17, 15) is 14.4 Å². The Balaban J connectivity index is 2.62. The normalized spacial score (nSPS) is 13.7. The van der Waals surface area contributed by atoms with Crippen molar-refractivity contribution in [2.24, 2.45) is 0 Å². The van der Waals surface area contributed by atoms with E-state index in [1.165, 1.54) is 0 Å². The van der Waals surface area contributed by atoms with Gasteiger partial charge in [0.1, 0.15) is 17.7 Å². The zero-order valence-electron chi connectivity index (χ0n) is 24.1. The summed E-state index contributed by atoms with van der Waals surface area (Å²) in [4.78, 5) is 42.4. The van der Waals surface area contributed by atoms with Crippen LogP contribution in [0.3, 0.4) is 0 Å². The van der Waals surface area contributed by atoms with Crippen LogP contribution in [0.25, 0.3) is 0 Å². The smallest absolute Gasteiger partial charge is 0.408 e. The highest BCUT2D eigenvalue weighted by Crippen LogP contribution is 2.32. The summed E-state index contributed by atoms with van der Waals surface area (Å²) in [6, 6.07) is 9.36. The first-order chi connectivity index (χ1) is 17.7. The number of carbonyl (C=O) groups is 3. The molecule has 0 aliphatic rings. The van der Waals surface area contributed by atoms with Gasteiger partial charge in [0.2, 0.25) is 5.91 Å². The van der Waals surface area contributed by atoms with Gasteiger partial charge in [-0.1, -0.05) is 43.3 Å². The van der Waals surface area contributed by atoms with Crippen molar-refractivity contribution in [2.75, 3.05) is 11.1 Å². The minimum atomic E-state index is -0.984. The van der Waals surface area contributed by atoms with Crippen LogP contribution >= 0.6 is 12.6 Å². The van der Waals surface area contributed by atoms with Gasteiger partial charge in [-0.15, -0.1) is 0 Å². The lowest BCUT2D eigenvalue weighted by molar-refractivity contribution is -0.143. The zero-order chi connectivity index (χ0) is 28.8. The summed E-state index contributed by atoms with van der Waals surface area (Å²) < 4.78 is 5.39. The summed E-state index contributed by atoms with van der Waals surface area (Å²) in [5, 5.41) is 5.76. The van der Waals surface area contributed by atoms with E-state index in [2.05, 4.69) is 23.3 Å². The molecular weight excluding hydrogens is 498 g/mol. The SMILES string of the molecule is CCC(C)N(C(=O)C(CS)NC(=O)OC(C)(C)C)C(C(=O)Nc1c(C)cccc1C)c1cccc(C)c1C. The third kappa shape index (κ3) is 7.76. The Kier molecular flexibility index (Phi) is 10.8. The van der Waals surface area contributed by atoms with E-state index >= 15 is 0 Å². The molecule has 2 aromatic rings. The largest absolute Gasteiger partial charge is 0.444 e. The van der Waals surface area contributed by atoms with Gasteiger partial charge in [0.25, 0.3) is 5.91 Å². The first kappa shape index (κ1) is 31.2. The second kappa shape index (κ2) is 13.2. The number of carbonyl (C=O) groups excluding carboxylic acids is 3. The molecule has 3 atom stereocenters. The monoisotopic (exact) mass is 541 g/mol. The van der Waals surface area contributed by atoms with Gasteiger partial charge in [-0.3, -0.25) is 9.59 Å². The van der Waals surface area contributed by atoms with Crippen LogP contribution in [0.2, 0.25) is 0 Å². The predicted octanol–water partition coefficient (Wildman–Crippen LogP) is 6.05. The number of benzene rings is 2. The lowest BCUT2D eigenvalue weighted by atomic mass is 9.93. The highest BCUT2D eigenvalue weighted by atomic mass is 32.1. The quantitative estimate of drug-likeness (QED) is 0.337. The van der Waals surface area contributed by atoms with Crippen LogP contribution in [0.5, 0.6) is 0 Å². The Morgan fingerprint density at radius 3 is 2.05 bits per heavy atom. The minimum absolute atomic E-state index is 0.0447. The topological polar surface area (TPSA) is 87.7 Å². The summed E-state index contributed by atoms with van der Waals surface area (Å²) in [7, 11) is 0. The van der Waals surface area contributed by atoms with Gasteiger partial charge in [-0.25, -0.2) is 4.79 Å². The summed E-state index contributed by atoms with van der Waals surface area (Å²) in [5.41, 5.74) is 4.54. The van der Waals surface area contributed by atoms with E-state index < -0.39 is 29.7 Å². The van der Waals surface area contributed by atoms with Crippen LogP contribution < -0.4 is 10.6 Å². The number of hydrogen-bond acceptors (Lipinski definition) is 5. The standard InChI is InChI=1S/C30H43N3O4S/c1-10-21(5)33(28(35)24(17-38)31-29(36)37-30(7,8)9)26(23-16-12-13-18(2)22(23)6)27(34)32-25-19(3)14-11-15-20(25)4/h11-16,21,24,26,38H,10,17H2,1-9H3,(H,31,36)(H,32,34). The Labute approximate surface area is 233 Å². The summed E-state index contributed by atoms with van der Waals surface area (Å²) >= 11 is 4.37. The molecule has 0 saturated carbocycles. The number of para-hydroxylation sites is 1. The molecule has 2 N–H and O–H groups in total. The first-order valence-corrected chi connectivity index (χ1v) is 13.7. The lowest BCUT2D eigenvalue weighted by Crippen LogP contribution is -2.55. The van der Waals surface area contributed by atoms with Crippen molar-refractivity contribution in [3.63, 3.8) is 0 Å². The van der Waals surface area contributed by atoms with E-state index in [4.69, 9.17) is 4.74 Å². The molecule has 0 fully saturated rings. The molecule has 38 heavy (non-hydrogen) atoms. The zero-order valence-corrected chi connectivity index (χ0v) is 25.0. The second-order valence-corrected chi connectivity index (χ2v) is 11.2. The third-order valence-corrected chi connectivity index (χ3v) is 7.05. The molecule has 2 rings (SSSR count). The molecule has 0 bridgehead atoms. The van der Waals surface area contributed by atoms with Crippen molar-refractivity contribution >= 4 is 36.2 Å². The number of nitrogens with zero attached hydrogens (tertiary/aromatic N) is 1. The number of ether oxygens (including phenoxy) is 1. The third-order valence-electron chi connectivity index (χ3n) is 6.69. The van der Waals surface area contributed by atoms with Gasteiger partial charge in [0, 0.05) is 17.5 Å². The van der Waals surface area contributed by atoms with Crippen LogP contribution in [0.4, 0.5) is 10.5 Å². The van der Waals surface area contributed by atoms with E-state index in [0.29, 0.717) is 6.42 Å². The number of amides is 3. The summed E-state index contributed by atoms with van der Waals surface area (Å²) in [6.45, 7) is 17.0. The van der Waals surface area contributed by atoms with Crippen LogP contribution in [0.15, 0.2) is 36.4 Å². The number of alkyl carbamates (subject to hydrolysis) is 1. The molecule has 0 heterocycles. The fourth-order valence-corrected chi connectivity index (χ4v) is 4.55. The number of nitrogens with one attached hydrogen (secondary N) is 2. The van der Waals surface area contributed by atoms with Crippen molar-refractivity contribution in [2.45, 2.75) is 92.5 Å². The van der Waals surface area contributed by atoms with Crippen molar-refractivity contribution in [1.82, 2.24) is 10.2 Å². The molecular formula is C30H43N3O4S. The summed E-state index contributed by atoms with van der Waals surface area (Å²) in [6.07, 6.45) is -0.104. The Hall–Kier alpha value is -3.00. The van der Waals surface area contributed by atoms with Crippen LogP contribution in [0.1, 0.15) is 74.9 Å². The molecule has 0 aliphatic heterocycles. The molecule has 3 amide bonds. The van der Waals surface area contributed by atoms with Gasteiger partial charge in [0.15, 0.2) is 0 Å². The van der Waals surface area contributed by atoms with Gasteiger partial charge < -0.3 is 20.3 Å². The molecule has 2 aromatic carbocycles. The lowest BCUT2D eigenvalue weighted by Gasteiger charge is -2.38. The highest BCUT2D eigenvalue weighted by Gasteiger charge is 2.39. The maximum atomic E-state index is 14.1. The molecule has 3 unspecified atom stereocenters. The van der Waals surface area contributed by atoms with Crippen LogP contribution in [-0.4, -0.2) is 46.2 Å². The van der Waals surface area contributed by atoms with Crippen molar-refractivity contribution in [3.8, 4) is 0 Å². The number of aryl methyl sites for hydroxylation is 3. The van der Waals surface area contributed by atoms with Gasteiger partial charge in [0.05, 0.1) is 0 Å². The fraction of sp³-hybridized carbons (Fsp3) is 0.500. The van der Waals surface area contributed by atoms with E-state index in [-0.39, 0.29) is 17.7 Å². The van der Waals surface area contributed by atoms with Crippen molar-refractivity contribution < 1.29 is 19.1 Å². The number of rotatable bonds is 9. The van der Waals surface area contributed by atoms with Gasteiger partial charge in [-0.2, -0.15) is 12.6 Å². The molecule has 8 heteroatoms. The molecule has 0 aliphatic carbocycles. The Morgan fingerprint density at radius 1 is 0.974 bits per heavy atom. The van der Waals surface area contributed by atoms with Crippen LogP contribution in [0, 0.1) is 27.7 Å². The Bertz CT molecular complexity index is 1140. The maximum absolute atomic E-state index is 14.1. The second-order valence-electron chi connectivity index (χ2n) is 10.8. The number of hydrogen-bond donors (Lipinski definition) is 3. The van der Waals surface area contributed by atoms with Gasteiger partial charge in [-0.05, 0) is 89.6 Å². The average molecular weight is 542 g/mol. The molecule has 0 aromatic heterocycles. The van der Waals surface area contributed by atoms with Crippen LogP contribution in [-0.2, 0) is 14.3 Å². The molecule has 208 valence electrons. The molecule has 7 nitrogen and oxygen atoms in total. The number of anilines is 1. The van der Waals surface area contributed by atoms with Gasteiger partial charge >= 0.3 is 6.09 Å².